The molecule has 112 valence electrons. The summed E-state index contributed by atoms with van der Waals surface area (Å²) in [4.78, 5) is 12.1. The normalized spacial score (nSPS) is 10.6. The van der Waals surface area contributed by atoms with E-state index in [9.17, 15) is 4.79 Å². The van der Waals surface area contributed by atoms with Crippen LogP contribution in [0.4, 0.5) is 0 Å². The van der Waals surface area contributed by atoms with Gasteiger partial charge in [-0.3, -0.25) is 9.20 Å². The summed E-state index contributed by atoms with van der Waals surface area (Å²) in [5.41, 5.74) is 1.34. The van der Waals surface area contributed by atoms with E-state index >= 15 is 0 Å². The molecule has 1 N–H and O–H groups in total. The number of hydrogen-bond donors (Lipinski definition) is 1. The molecule has 2 aromatic heterocycles. The summed E-state index contributed by atoms with van der Waals surface area (Å²) in [5, 5.41) is 11.0. The quantitative estimate of drug-likeness (QED) is 0.782. The SMILES string of the molecule is CCOc1ccc(C(=O)NCc2nnc3ccccn23)cc1. The molecule has 22 heavy (non-hydrogen) atoms. The Hall–Kier alpha value is -2.89. The van der Waals surface area contributed by atoms with Crippen LogP contribution in [-0.4, -0.2) is 27.1 Å². The van der Waals surface area contributed by atoms with Crippen molar-refractivity contribution in [2.24, 2.45) is 0 Å². The van der Waals surface area contributed by atoms with Gasteiger partial charge in [0.05, 0.1) is 13.2 Å². The van der Waals surface area contributed by atoms with Gasteiger partial charge in [0.15, 0.2) is 11.5 Å². The van der Waals surface area contributed by atoms with Gasteiger partial charge in [-0.15, -0.1) is 10.2 Å². The van der Waals surface area contributed by atoms with Crippen molar-refractivity contribution >= 4 is 11.6 Å². The number of carbonyl (C=O) groups is 1. The highest BCUT2D eigenvalue weighted by Crippen LogP contribution is 2.12. The average molecular weight is 296 g/mol. The van der Waals surface area contributed by atoms with Crippen molar-refractivity contribution in [3.63, 3.8) is 0 Å². The molecule has 0 radical (unpaired) electrons. The third-order valence-electron chi connectivity index (χ3n) is 3.22. The first-order valence-corrected chi connectivity index (χ1v) is 7.07. The lowest BCUT2D eigenvalue weighted by molar-refractivity contribution is 0.0949. The van der Waals surface area contributed by atoms with Crippen molar-refractivity contribution in [1.29, 1.82) is 0 Å². The van der Waals surface area contributed by atoms with E-state index < -0.39 is 0 Å². The number of hydrogen-bond acceptors (Lipinski definition) is 4. The summed E-state index contributed by atoms with van der Waals surface area (Å²) in [6.07, 6.45) is 1.87. The molecule has 3 rings (SSSR count). The second-order valence-electron chi connectivity index (χ2n) is 4.69. The number of benzene rings is 1. The van der Waals surface area contributed by atoms with Crippen molar-refractivity contribution in [1.82, 2.24) is 19.9 Å². The number of ether oxygens (including phenoxy) is 1. The summed E-state index contributed by atoms with van der Waals surface area (Å²) in [6.45, 7) is 2.84. The monoisotopic (exact) mass is 296 g/mol. The second kappa shape index (κ2) is 6.26. The number of amides is 1. The Labute approximate surface area is 127 Å². The van der Waals surface area contributed by atoms with Gasteiger partial charge in [0, 0.05) is 11.8 Å². The molecule has 3 aromatic rings. The minimum absolute atomic E-state index is 0.157. The fourth-order valence-electron chi connectivity index (χ4n) is 2.14. The highest BCUT2D eigenvalue weighted by atomic mass is 16.5. The first kappa shape index (κ1) is 14.1. The van der Waals surface area contributed by atoms with Gasteiger partial charge in [-0.25, -0.2) is 0 Å². The van der Waals surface area contributed by atoms with Gasteiger partial charge in [0.2, 0.25) is 0 Å². The minimum Gasteiger partial charge on any atom is -0.494 e. The van der Waals surface area contributed by atoms with Crippen LogP contribution < -0.4 is 10.1 Å². The van der Waals surface area contributed by atoms with Crippen molar-refractivity contribution < 1.29 is 9.53 Å². The predicted octanol–water partition coefficient (Wildman–Crippen LogP) is 2.06. The minimum atomic E-state index is -0.157. The molecule has 0 saturated carbocycles. The topological polar surface area (TPSA) is 68.5 Å². The maximum absolute atomic E-state index is 12.1. The van der Waals surface area contributed by atoms with E-state index in [2.05, 4.69) is 15.5 Å². The lowest BCUT2D eigenvalue weighted by atomic mass is 10.2. The van der Waals surface area contributed by atoms with Crippen LogP contribution in [0.15, 0.2) is 48.7 Å². The van der Waals surface area contributed by atoms with Gasteiger partial charge >= 0.3 is 0 Å². The summed E-state index contributed by atoms with van der Waals surface area (Å²) >= 11 is 0. The van der Waals surface area contributed by atoms with Crippen LogP contribution in [0.5, 0.6) is 5.75 Å². The van der Waals surface area contributed by atoms with Gasteiger partial charge < -0.3 is 10.1 Å². The van der Waals surface area contributed by atoms with Crippen LogP contribution in [0, 0.1) is 0 Å². The summed E-state index contributed by atoms with van der Waals surface area (Å²) < 4.78 is 7.20. The van der Waals surface area contributed by atoms with Crippen molar-refractivity contribution in [2.75, 3.05) is 6.61 Å². The molecule has 0 unspecified atom stereocenters. The van der Waals surface area contributed by atoms with E-state index in [4.69, 9.17) is 4.74 Å². The number of rotatable bonds is 5. The van der Waals surface area contributed by atoms with Crippen molar-refractivity contribution in [3.05, 3.63) is 60.0 Å². The van der Waals surface area contributed by atoms with Crippen LogP contribution in [0.25, 0.3) is 5.65 Å². The first-order chi connectivity index (χ1) is 10.8. The van der Waals surface area contributed by atoms with Crippen LogP contribution in [0.3, 0.4) is 0 Å². The van der Waals surface area contributed by atoms with Gasteiger partial charge in [-0.2, -0.15) is 0 Å². The standard InChI is InChI=1S/C16H16N4O2/c1-2-22-13-8-6-12(7-9-13)16(21)17-11-15-19-18-14-5-3-4-10-20(14)15/h3-10H,2,11H2,1H3,(H,17,21). The van der Waals surface area contributed by atoms with E-state index in [0.29, 0.717) is 24.5 Å². The Morgan fingerprint density at radius 3 is 2.77 bits per heavy atom. The highest BCUT2D eigenvalue weighted by molar-refractivity contribution is 5.94. The van der Waals surface area contributed by atoms with Crippen LogP contribution in [0.1, 0.15) is 23.1 Å². The Morgan fingerprint density at radius 1 is 1.18 bits per heavy atom. The number of carbonyl (C=O) groups excluding carboxylic acids is 1. The maximum atomic E-state index is 12.1. The molecule has 0 bridgehead atoms. The molecule has 0 aliphatic carbocycles. The van der Waals surface area contributed by atoms with Gasteiger partial charge in [-0.05, 0) is 43.3 Å². The van der Waals surface area contributed by atoms with E-state index in [1.165, 1.54) is 0 Å². The zero-order valence-electron chi connectivity index (χ0n) is 12.2. The number of fused-ring (bicyclic) bond motifs is 1. The molecule has 2 heterocycles. The first-order valence-electron chi connectivity index (χ1n) is 7.07. The molecule has 0 aliphatic rings. The summed E-state index contributed by atoms with van der Waals surface area (Å²) in [6, 6.07) is 12.7. The number of pyridine rings is 1. The number of aromatic nitrogens is 3. The molecule has 0 atom stereocenters. The van der Waals surface area contributed by atoms with Gasteiger partial charge in [0.1, 0.15) is 5.75 Å². The van der Waals surface area contributed by atoms with E-state index in [0.717, 1.165) is 11.4 Å². The highest BCUT2D eigenvalue weighted by Gasteiger charge is 2.09. The molecule has 0 spiro atoms. The lowest BCUT2D eigenvalue weighted by Gasteiger charge is -2.06. The lowest BCUT2D eigenvalue weighted by Crippen LogP contribution is -2.23. The van der Waals surface area contributed by atoms with Crippen LogP contribution >= 0.6 is 0 Å². The molecule has 0 saturated heterocycles. The third kappa shape index (κ3) is 2.90. The zero-order chi connectivity index (χ0) is 15.4. The van der Waals surface area contributed by atoms with E-state index in [1.807, 2.05) is 35.7 Å². The van der Waals surface area contributed by atoms with E-state index in [-0.39, 0.29) is 5.91 Å². The Kier molecular flexibility index (Phi) is 4.00. The van der Waals surface area contributed by atoms with Crippen molar-refractivity contribution in [3.8, 4) is 5.75 Å². The Bertz CT molecular complexity index is 780. The molecule has 6 nitrogen and oxygen atoms in total. The summed E-state index contributed by atoms with van der Waals surface area (Å²) in [7, 11) is 0. The molecule has 1 amide bonds. The van der Waals surface area contributed by atoms with Crippen LogP contribution in [0.2, 0.25) is 0 Å². The average Bonchev–Trinajstić information content (AvgIpc) is 2.97. The fraction of sp³-hybridized carbons (Fsp3) is 0.188. The fourth-order valence-corrected chi connectivity index (χ4v) is 2.14. The largest absolute Gasteiger partial charge is 0.494 e. The zero-order valence-corrected chi connectivity index (χ0v) is 12.2. The predicted molar refractivity (Wildman–Crippen MR) is 81.8 cm³/mol. The molecule has 6 heteroatoms. The second-order valence-corrected chi connectivity index (χ2v) is 4.69. The maximum Gasteiger partial charge on any atom is 0.251 e. The summed E-state index contributed by atoms with van der Waals surface area (Å²) in [5.74, 6) is 1.29. The molecule has 0 fully saturated rings. The molecular formula is C16H16N4O2. The molecule has 1 aromatic carbocycles. The van der Waals surface area contributed by atoms with Gasteiger partial charge in [0.25, 0.3) is 5.91 Å². The smallest absolute Gasteiger partial charge is 0.251 e. The number of nitrogens with one attached hydrogen (secondary N) is 1. The number of nitrogens with zero attached hydrogens (tertiary/aromatic N) is 3. The molecule has 0 aliphatic heterocycles. The Morgan fingerprint density at radius 2 is 2.00 bits per heavy atom. The van der Waals surface area contributed by atoms with E-state index in [1.54, 1.807) is 24.3 Å². The van der Waals surface area contributed by atoms with Gasteiger partial charge in [-0.1, -0.05) is 6.07 Å². The van der Waals surface area contributed by atoms with Crippen LogP contribution in [-0.2, 0) is 6.54 Å². The third-order valence-corrected chi connectivity index (χ3v) is 3.22. The Balaban J connectivity index is 1.67. The molecular weight excluding hydrogens is 280 g/mol. The van der Waals surface area contributed by atoms with Crippen molar-refractivity contribution in [2.45, 2.75) is 13.5 Å².